The Morgan fingerprint density at radius 2 is 1.76 bits per heavy atom. The monoisotopic (exact) mass is 294 g/mol. The molecule has 7 atom stereocenters. The number of ether oxygens (including phenoxy) is 2. The summed E-state index contributed by atoms with van der Waals surface area (Å²) >= 11 is 0. The number of ketones is 1. The van der Waals surface area contributed by atoms with Crippen LogP contribution in [0.2, 0.25) is 0 Å². The molecule has 7 unspecified atom stereocenters. The Morgan fingerprint density at radius 1 is 1.10 bits per heavy atom. The van der Waals surface area contributed by atoms with Gasteiger partial charge in [0.15, 0.2) is 5.78 Å². The maximum absolute atomic E-state index is 12.3. The van der Waals surface area contributed by atoms with E-state index >= 15 is 0 Å². The van der Waals surface area contributed by atoms with Crippen molar-refractivity contribution >= 4 is 11.8 Å². The van der Waals surface area contributed by atoms with Gasteiger partial charge in [-0.3, -0.25) is 9.59 Å². The highest BCUT2D eigenvalue weighted by Gasteiger charge is 2.62. The number of hydrogen-bond donors (Lipinski definition) is 0. The molecule has 4 heteroatoms. The van der Waals surface area contributed by atoms with Gasteiger partial charge in [0.1, 0.15) is 6.61 Å². The van der Waals surface area contributed by atoms with Gasteiger partial charge in [-0.15, -0.1) is 0 Å². The lowest BCUT2D eigenvalue weighted by atomic mass is 9.70. The Bertz CT molecular complexity index is 433. The van der Waals surface area contributed by atoms with Gasteiger partial charge in [-0.2, -0.15) is 0 Å². The van der Waals surface area contributed by atoms with E-state index in [0.717, 1.165) is 25.7 Å². The molecule has 1 saturated heterocycles. The fourth-order valence-electron chi connectivity index (χ4n) is 5.22. The molecule has 118 valence electrons. The van der Waals surface area contributed by atoms with Crippen molar-refractivity contribution in [3.63, 3.8) is 0 Å². The minimum absolute atomic E-state index is 0.0103. The Kier molecular flexibility index (Phi) is 4.08. The molecule has 0 aromatic carbocycles. The SMILES string of the molecule is CCC1OC(CC)C2C3CC(CC3C(=O)OCC(C)=O)C12. The van der Waals surface area contributed by atoms with Gasteiger partial charge in [-0.1, -0.05) is 13.8 Å². The highest BCUT2D eigenvalue weighted by molar-refractivity contribution is 5.81. The zero-order valence-corrected chi connectivity index (χ0v) is 13.2. The Morgan fingerprint density at radius 3 is 2.38 bits per heavy atom. The van der Waals surface area contributed by atoms with E-state index in [-0.39, 0.29) is 24.3 Å². The smallest absolute Gasteiger partial charge is 0.309 e. The minimum atomic E-state index is -0.161. The van der Waals surface area contributed by atoms with Crippen LogP contribution in [0.3, 0.4) is 0 Å². The maximum Gasteiger partial charge on any atom is 0.309 e. The second-order valence-corrected chi connectivity index (χ2v) is 7.00. The molecular formula is C17H26O4. The van der Waals surface area contributed by atoms with E-state index in [1.165, 1.54) is 6.92 Å². The van der Waals surface area contributed by atoms with Gasteiger partial charge >= 0.3 is 5.97 Å². The van der Waals surface area contributed by atoms with Crippen molar-refractivity contribution in [2.24, 2.45) is 29.6 Å². The molecule has 2 aliphatic carbocycles. The molecule has 0 amide bonds. The van der Waals surface area contributed by atoms with Gasteiger partial charge in [0.2, 0.25) is 0 Å². The van der Waals surface area contributed by atoms with Gasteiger partial charge in [0.25, 0.3) is 0 Å². The van der Waals surface area contributed by atoms with Crippen LogP contribution in [0.5, 0.6) is 0 Å². The molecular weight excluding hydrogens is 268 g/mol. The van der Waals surface area contributed by atoms with Crippen LogP contribution in [0.4, 0.5) is 0 Å². The molecule has 4 nitrogen and oxygen atoms in total. The standard InChI is InChI=1S/C17H26O4/c1-4-13-15-10-6-11(16(15)14(5-2)21-13)12(7-10)17(19)20-8-9(3)18/h10-16H,4-8H2,1-3H3. The van der Waals surface area contributed by atoms with Gasteiger partial charge in [-0.25, -0.2) is 0 Å². The summed E-state index contributed by atoms with van der Waals surface area (Å²) in [5.41, 5.74) is 0. The molecule has 1 aliphatic heterocycles. The lowest BCUT2D eigenvalue weighted by Crippen LogP contribution is -2.36. The quantitative estimate of drug-likeness (QED) is 0.731. The van der Waals surface area contributed by atoms with E-state index in [9.17, 15) is 9.59 Å². The van der Waals surface area contributed by atoms with Crippen LogP contribution in [0.1, 0.15) is 46.5 Å². The average Bonchev–Trinajstić information content (AvgIpc) is 3.13. The Hall–Kier alpha value is -0.900. The van der Waals surface area contributed by atoms with Crippen LogP contribution in [-0.4, -0.2) is 30.6 Å². The van der Waals surface area contributed by atoms with Crippen molar-refractivity contribution in [2.75, 3.05) is 6.61 Å². The van der Waals surface area contributed by atoms with Crippen molar-refractivity contribution in [1.82, 2.24) is 0 Å². The third-order valence-electron chi connectivity index (χ3n) is 5.86. The van der Waals surface area contributed by atoms with Crippen molar-refractivity contribution in [3.05, 3.63) is 0 Å². The number of rotatable bonds is 5. The first-order valence-corrected chi connectivity index (χ1v) is 8.38. The van der Waals surface area contributed by atoms with E-state index in [4.69, 9.17) is 9.47 Å². The van der Waals surface area contributed by atoms with Crippen molar-refractivity contribution in [1.29, 1.82) is 0 Å². The number of carbonyl (C=O) groups excluding carboxylic acids is 2. The van der Waals surface area contributed by atoms with Gasteiger partial charge < -0.3 is 9.47 Å². The molecule has 3 aliphatic rings. The highest BCUT2D eigenvalue weighted by atomic mass is 16.5. The second kappa shape index (κ2) is 5.71. The predicted molar refractivity (Wildman–Crippen MR) is 77.6 cm³/mol. The van der Waals surface area contributed by atoms with Gasteiger partial charge in [0.05, 0.1) is 18.1 Å². The molecule has 3 rings (SSSR count). The summed E-state index contributed by atoms with van der Waals surface area (Å²) in [4.78, 5) is 23.2. The van der Waals surface area contributed by atoms with E-state index in [1.54, 1.807) is 0 Å². The number of esters is 1. The predicted octanol–water partition coefficient (Wildman–Crippen LogP) is 2.59. The molecule has 21 heavy (non-hydrogen) atoms. The van der Waals surface area contributed by atoms with E-state index in [2.05, 4.69) is 13.8 Å². The molecule has 0 N–H and O–H groups in total. The molecule has 3 fully saturated rings. The van der Waals surface area contributed by atoms with E-state index in [1.807, 2.05) is 0 Å². The lowest BCUT2D eigenvalue weighted by Gasteiger charge is -2.32. The molecule has 2 saturated carbocycles. The Balaban J connectivity index is 1.71. The molecule has 0 radical (unpaired) electrons. The zero-order valence-electron chi connectivity index (χ0n) is 13.2. The summed E-state index contributed by atoms with van der Waals surface area (Å²) in [6.07, 6.45) is 4.85. The number of hydrogen-bond acceptors (Lipinski definition) is 4. The summed E-state index contributed by atoms with van der Waals surface area (Å²) in [5.74, 6) is 1.91. The van der Waals surface area contributed by atoms with Crippen LogP contribution in [-0.2, 0) is 19.1 Å². The van der Waals surface area contributed by atoms with Gasteiger partial charge in [-0.05, 0) is 56.3 Å². The van der Waals surface area contributed by atoms with Crippen molar-refractivity contribution in [2.45, 2.75) is 58.7 Å². The van der Waals surface area contributed by atoms with E-state index < -0.39 is 0 Å². The maximum atomic E-state index is 12.3. The van der Waals surface area contributed by atoms with Crippen LogP contribution in [0.15, 0.2) is 0 Å². The van der Waals surface area contributed by atoms with Gasteiger partial charge in [0, 0.05) is 0 Å². The molecule has 1 heterocycles. The molecule has 0 aromatic rings. The number of carbonyl (C=O) groups is 2. The van der Waals surface area contributed by atoms with Crippen LogP contribution in [0, 0.1) is 29.6 Å². The minimum Gasteiger partial charge on any atom is -0.457 e. The summed E-state index contributed by atoms with van der Waals surface area (Å²) in [7, 11) is 0. The molecule has 0 spiro atoms. The first-order valence-electron chi connectivity index (χ1n) is 8.38. The van der Waals surface area contributed by atoms with Crippen LogP contribution < -0.4 is 0 Å². The molecule has 0 aromatic heterocycles. The first-order chi connectivity index (χ1) is 10.1. The topological polar surface area (TPSA) is 52.6 Å². The first kappa shape index (κ1) is 15.0. The second-order valence-electron chi connectivity index (χ2n) is 7.00. The van der Waals surface area contributed by atoms with Crippen LogP contribution >= 0.6 is 0 Å². The molecule has 2 bridgehead atoms. The summed E-state index contributed by atoms with van der Waals surface area (Å²) in [5, 5.41) is 0. The summed E-state index contributed by atoms with van der Waals surface area (Å²) in [6, 6.07) is 0. The lowest BCUT2D eigenvalue weighted by molar-refractivity contribution is -0.154. The fraction of sp³-hybridized carbons (Fsp3) is 0.882. The highest BCUT2D eigenvalue weighted by Crippen LogP contribution is 2.62. The van der Waals surface area contributed by atoms with E-state index in [0.29, 0.717) is 35.9 Å². The Labute approximate surface area is 126 Å². The number of Topliss-reactive ketones (excluding diaryl/α,β-unsaturated/α-hetero) is 1. The largest absolute Gasteiger partial charge is 0.457 e. The average molecular weight is 294 g/mol. The fourth-order valence-corrected chi connectivity index (χ4v) is 5.22. The summed E-state index contributed by atoms with van der Waals surface area (Å²) < 4.78 is 11.4. The normalized spacial score (nSPS) is 43.9. The van der Waals surface area contributed by atoms with Crippen molar-refractivity contribution < 1.29 is 19.1 Å². The van der Waals surface area contributed by atoms with Crippen LogP contribution in [0.25, 0.3) is 0 Å². The van der Waals surface area contributed by atoms with Crippen molar-refractivity contribution in [3.8, 4) is 0 Å². The number of fused-ring (bicyclic) bond motifs is 5. The summed E-state index contributed by atoms with van der Waals surface area (Å²) in [6.45, 7) is 5.75. The third-order valence-corrected chi connectivity index (χ3v) is 5.86. The zero-order chi connectivity index (χ0) is 15.1. The third kappa shape index (κ3) is 2.41.